The number of aliphatic imine (C=N–C) groups is 1. The molecule has 1 aliphatic heterocycles. The highest BCUT2D eigenvalue weighted by Crippen LogP contribution is 2.42. The van der Waals surface area contributed by atoms with E-state index < -0.39 is 0 Å². The molecule has 2 heterocycles. The van der Waals surface area contributed by atoms with Crippen molar-refractivity contribution in [2.24, 2.45) is 28.5 Å². The minimum absolute atomic E-state index is 0.126. The molecule has 3 rings (SSSR count). The van der Waals surface area contributed by atoms with E-state index >= 15 is 0 Å². The van der Waals surface area contributed by atoms with E-state index in [1.165, 1.54) is 0 Å². The van der Waals surface area contributed by atoms with Crippen molar-refractivity contribution in [3.05, 3.63) is 83.6 Å². The van der Waals surface area contributed by atoms with Gasteiger partial charge in [0.15, 0.2) is 0 Å². The molecular weight excluding hydrogens is 610 g/mol. The van der Waals surface area contributed by atoms with Gasteiger partial charge in [-0.3, -0.25) is 4.79 Å². The van der Waals surface area contributed by atoms with E-state index in [1.807, 2.05) is 50.4 Å². The van der Waals surface area contributed by atoms with Gasteiger partial charge in [-0.1, -0.05) is 86.4 Å². The zero-order valence-corrected chi connectivity index (χ0v) is 31.6. The second kappa shape index (κ2) is 21.0. The molecule has 3 N–H and O–H groups in total. The zero-order chi connectivity index (χ0) is 36.5. The monoisotopic (exact) mass is 671 g/mol. The first-order valence-corrected chi connectivity index (χ1v) is 18.2. The highest BCUT2D eigenvalue weighted by molar-refractivity contribution is 6.07. The lowest BCUT2D eigenvalue weighted by molar-refractivity contribution is -0.116. The summed E-state index contributed by atoms with van der Waals surface area (Å²) >= 11 is 0. The van der Waals surface area contributed by atoms with Crippen molar-refractivity contribution in [3.8, 4) is 5.75 Å². The van der Waals surface area contributed by atoms with Gasteiger partial charge in [0, 0.05) is 41.3 Å². The number of amidine groups is 1. The molecule has 0 saturated carbocycles. The predicted molar refractivity (Wildman–Crippen MR) is 205 cm³/mol. The Morgan fingerprint density at radius 3 is 2.31 bits per heavy atom. The molecule has 1 aromatic heterocycles. The SMILES string of the molecule is C=C([C@H](CCCC)CC(C)CC)N1C(CC)=CN=C(N)/C1=C(\c1ccc(C(=O)Nc2ccccn2)cc1OCC)C(C)CC.CCC(C)=O. The second-order valence-electron chi connectivity index (χ2n) is 12.8. The number of allylic oxidation sites excluding steroid dienone is 3. The molecule has 8 heteroatoms. The van der Waals surface area contributed by atoms with Gasteiger partial charge in [0.2, 0.25) is 0 Å². The lowest BCUT2D eigenvalue weighted by Gasteiger charge is -2.39. The number of nitrogens with two attached hydrogens (primary N) is 1. The van der Waals surface area contributed by atoms with Crippen molar-refractivity contribution in [2.45, 2.75) is 114 Å². The number of unbranched alkanes of at least 4 members (excludes halogenated alkanes) is 1. The summed E-state index contributed by atoms with van der Waals surface area (Å²) in [4.78, 5) is 34.3. The Bertz CT molecular complexity index is 1480. The average Bonchev–Trinajstić information content (AvgIpc) is 3.11. The molecule has 1 aliphatic rings. The topological polar surface area (TPSA) is 110 Å². The average molecular weight is 672 g/mol. The maximum Gasteiger partial charge on any atom is 0.256 e. The van der Waals surface area contributed by atoms with Crippen molar-refractivity contribution >= 4 is 28.9 Å². The number of nitrogens with zero attached hydrogens (tertiary/aromatic N) is 3. The second-order valence-corrected chi connectivity index (χ2v) is 12.8. The van der Waals surface area contributed by atoms with Gasteiger partial charge >= 0.3 is 0 Å². The van der Waals surface area contributed by atoms with Gasteiger partial charge in [0.1, 0.15) is 23.2 Å². The summed E-state index contributed by atoms with van der Waals surface area (Å²) in [6, 6.07) is 11.1. The fourth-order valence-electron chi connectivity index (χ4n) is 5.68. The third-order valence-corrected chi connectivity index (χ3v) is 9.12. The smallest absolute Gasteiger partial charge is 0.256 e. The standard InChI is InChI=1S/C37H53N5O2.C4H8O/c1-9-14-17-28(22-25(6)10-2)27(8)42-30(12-4)24-40-36(38)35(42)34(26(7)11-3)31-20-19-29(23-32(31)44-13-5)37(43)41-33-18-15-16-21-39-33;1-3-4(2)5/h15-16,18-21,23-26,28H,8-14,17,22H2,1-7H3,(H2,38,40)(H,39,41,43);3H2,1-2H3/b35-34+;/t25?,26?,28-;/m1./s1. The highest BCUT2D eigenvalue weighted by Gasteiger charge is 2.33. The van der Waals surface area contributed by atoms with Crippen LogP contribution in [0.4, 0.5) is 5.82 Å². The first-order valence-electron chi connectivity index (χ1n) is 18.2. The number of rotatable bonds is 17. The first-order chi connectivity index (χ1) is 23.5. The van der Waals surface area contributed by atoms with E-state index in [0.717, 1.165) is 73.2 Å². The number of aromatic nitrogens is 1. The van der Waals surface area contributed by atoms with E-state index in [1.54, 1.807) is 19.2 Å². The molecule has 0 radical (unpaired) electrons. The van der Waals surface area contributed by atoms with Gasteiger partial charge in [0.05, 0.1) is 12.3 Å². The van der Waals surface area contributed by atoms with Gasteiger partial charge in [-0.25, -0.2) is 9.98 Å². The number of hydrogen-bond acceptors (Lipinski definition) is 7. The van der Waals surface area contributed by atoms with Gasteiger partial charge in [0.25, 0.3) is 5.91 Å². The summed E-state index contributed by atoms with van der Waals surface area (Å²) < 4.78 is 6.23. The molecule has 0 fully saturated rings. The Morgan fingerprint density at radius 2 is 1.76 bits per heavy atom. The van der Waals surface area contributed by atoms with Gasteiger partial charge in [-0.2, -0.15) is 0 Å². The van der Waals surface area contributed by atoms with E-state index in [9.17, 15) is 9.59 Å². The predicted octanol–water partition coefficient (Wildman–Crippen LogP) is 10.2. The van der Waals surface area contributed by atoms with Crippen LogP contribution in [-0.4, -0.2) is 34.0 Å². The first kappa shape index (κ1) is 41.0. The maximum absolute atomic E-state index is 13.2. The number of anilines is 1. The number of carbonyl (C=O) groups excluding carboxylic acids is 2. The van der Waals surface area contributed by atoms with Crippen LogP contribution in [0, 0.1) is 17.8 Å². The lowest BCUT2D eigenvalue weighted by atomic mass is 9.85. The summed E-state index contributed by atoms with van der Waals surface area (Å²) in [7, 11) is 0. The molecular formula is C41H61N5O3. The minimum atomic E-state index is -0.247. The fourth-order valence-corrected chi connectivity index (χ4v) is 5.68. The fraction of sp³-hybridized carbons (Fsp3) is 0.512. The van der Waals surface area contributed by atoms with Crippen molar-refractivity contribution < 1.29 is 14.3 Å². The summed E-state index contributed by atoms with van der Waals surface area (Å²) in [5.74, 6) is 2.65. The summed E-state index contributed by atoms with van der Waals surface area (Å²) in [5.41, 5.74) is 12.3. The van der Waals surface area contributed by atoms with Crippen molar-refractivity contribution in [3.63, 3.8) is 0 Å². The van der Waals surface area contributed by atoms with Crippen LogP contribution in [0.1, 0.15) is 130 Å². The number of hydrogen-bond donors (Lipinski definition) is 2. The molecule has 8 nitrogen and oxygen atoms in total. The lowest BCUT2D eigenvalue weighted by Crippen LogP contribution is -2.37. The number of ether oxygens (including phenoxy) is 1. The summed E-state index contributed by atoms with van der Waals surface area (Å²) in [6.07, 6.45) is 11.5. The van der Waals surface area contributed by atoms with Gasteiger partial charge in [-0.15, -0.1) is 0 Å². The molecule has 2 unspecified atom stereocenters. The number of ketones is 1. The molecule has 3 atom stereocenters. The summed E-state index contributed by atoms with van der Waals surface area (Å²) in [5, 5.41) is 2.88. The third kappa shape index (κ3) is 11.7. The van der Waals surface area contributed by atoms with Crippen LogP contribution in [0.25, 0.3) is 5.57 Å². The van der Waals surface area contributed by atoms with Crippen LogP contribution in [0.5, 0.6) is 5.75 Å². The maximum atomic E-state index is 13.2. The molecule has 49 heavy (non-hydrogen) atoms. The molecule has 268 valence electrons. The number of amides is 1. The van der Waals surface area contributed by atoms with Crippen molar-refractivity contribution in [2.75, 3.05) is 11.9 Å². The quantitative estimate of drug-likeness (QED) is 0.173. The van der Waals surface area contributed by atoms with Crippen LogP contribution in [-0.2, 0) is 4.79 Å². The minimum Gasteiger partial charge on any atom is -0.493 e. The van der Waals surface area contributed by atoms with Crippen LogP contribution < -0.4 is 15.8 Å². The van der Waals surface area contributed by atoms with Crippen LogP contribution in [0.2, 0.25) is 0 Å². The largest absolute Gasteiger partial charge is 0.493 e. The third-order valence-electron chi connectivity index (χ3n) is 9.12. The molecule has 0 bridgehead atoms. The number of benzene rings is 1. The Balaban J connectivity index is 0.00000155. The molecule has 0 spiro atoms. The van der Waals surface area contributed by atoms with Crippen molar-refractivity contribution in [1.82, 2.24) is 9.88 Å². The van der Waals surface area contributed by atoms with E-state index in [2.05, 4.69) is 56.7 Å². The van der Waals surface area contributed by atoms with Crippen LogP contribution in [0.15, 0.2) is 77.5 Å². The van der Waals surface area contributed by atoms with Crippen LogP contribution in [0.3, 0.4) is 0 Å². The van der Waals surface area contributed by atoms with Crippen molar-refractivity contribution in [1.29, 1.82) is 0 Å². The normalized spacial score (nSPS) is 15.5. The number of nitrogens with one attached hydrogen (secondary N) is 1. The molecule has 2 aromatic rings. The van der Waals surface area contributed by atoms with E-state index in [4.69, 9.17) is 22.0 Å². The Hall–Kier alpha value is -4.20. The molecule has 1 aromatic carbocycles. The van der Waals surface area contributed by atoms with Crippen LogP contribution >= 0.6 is 0 Å². The molecule has 1 amide bonds. The number of Topliss-reactive ketones (excluding diaryl/α,β-unsaturated/α-hetero) is 1. The van der Waals surface area contributed by atoms with E-state index in [0.29, 0.717) is 47.8 Å². The van der Waals surface area contributed by atoms with Gasteiger partial charge in [-0.05, 0) is 87.1 Å². The Labute approximate surface area is 296 Å². The Kier molecular flexibility index (Phi) is 17.6. The van der Waals surface area contributed by atoms with E-state index in [-0.39, 0.29) is 17.6 Å². The Morgan fingerprint density at radius 1 is 1.04 bits per heavy atom. The number of carbonyl (C=O) groups is 2. The molecule has 0 saturated heterocycles. The van der Waals surface area contributed by atoms with Gasteiger partial charge < -0.3 is 25.5 Å². The summed E-state index contributed by atoms with van der Waals surface area (Å²) in [6.45, 7) is 24.0. The number of pyridine rings is 1. The highest BCUT2D eigenvalue weighted by atomic mass is 16.5. The molecule has 0 aliphatic carbocycles. The zero-order valence-electron chi connectivity index (χ0n) is 31.6.